The predicted molar refractivity (Wildman–Crippen MR) is 85.2 cm³/mol. The lowest BCUT2D eigenvalue weighted by Crippen LogP contribution is -2.37. The predicted octanol–water partition coefficient (Wildman–Crippen LogP) is 2.14. The van der Waals surface area contributed by atoms with Gasteiger partial charge < -0.3 is 15.4 Å². The molecule has 0 fully saturated rings. The van der Waals surface area contributed by atoms with Crippen molar-refractivity contribution in [2.75, 3.05) is 20.2 Å². The van der Waals surface area contributed by atoms with Crippen molar-refractivity contribution in [1.82, 2.24) is 10.6 Å². The number of nitrogens with zero attached hydrogens (tertiary/aromatic N) is 1. The van der Waals surface area contributed by atoms with Crippen LogP contribution in [0.2, 0.25) is 0 Å². The summed E-state index contributed by atoms with van der Waals surface area (Å²) in [5.41, 5.74) is 1.47. The van der Waals surface area contributed by atoms with Gasteiger partial charge in [-0.2, -0.15) is 0 Å². The highest BCUT2D eigenvalue weighted by molar-refractivity contribution is 5.79. The van der Waals surface area contributed by atoms with Crippen molar-refractivity contribution < 1.29 is 13.9 Å². The summed E-state index contributed by atoms with van der Waals surface area (Å²) in [5.74, 6) is 0.212. The Hall–Kier alpha value is -2.11. The number of nitrogens with one attached hydrogen (secondary N) is 2. The van der Waals surface area contributed by atoms with Crippen LogP contribution in [0.4, 0.5) is 4.39 Å². The van der Waals surface area contributed by atoms with Gasteiger partial charge in [0.25, 0.3) is 0 Å². The van der Waals surface area contributed by atoms with Gasteiger partial charge in [0.15, 0.2) is 5.96 Å². The van der Waals surface area contributed by atoms with Crippen molar-refractivity contribution in [1.29, 1.82) is 0 Å². The molecule has 6 heteroatoms. The molecular formula is C16H24FN3O2. The molecule has 1 aromatic rings. The van der Waals surface area contributed by atoms with E-state index < -0.39 is 0 Å². The van der Waals surface area contributed by atoms with E-state index in [1.807, 2.05) is 6.07 Å². The van der Waals surface area contributed by atoms with Crippen LogP contribution >= 0.6 is 0 Å². The summed E-state index contributed by atoms with van der Waals surface area (Å²) >= 11 is 0. The zero-order valence-electron chi connectivity index (χ0n) is 13.4. The summed E-state index contributed by atoms with van der Waals surface area (Å²) in [5, 5.41) is 6.20. The number of guanidine groups is 1. The normalized spacial score (nSPS) is 11.2. The fourth-order valence-corrected chi connectivity index (χ4v) is 1.83. The number of benzene rings is 1. The van der Waals surface area contributed by atoms with Gasteiger partial charge in [0.1, 0.15) is 5.82 Å². The number of aliphatic imine (C=N–C) groups is 1. The van der Waals surface area contributed by atoms with Crippen LogP contribution < -0.4 is 10.6 Å². The Labute approximate surface area is 131 Å². The molecular weight excluding hydrogens is 285 g/mol. The zero-order chi connectivity index (χ0) is 16.4. The molecule has 1 rings (SSSR count). The van der Waals surface area contributed by atoms with E-state index in [4.69, 9.17) is 4.74 Å². The van der Waals surface area contributed by atoms with Crippen LogP contribution in [0, 0.1) is 12.7 Å². The van der Waals surface area contributed by atoms with E-state index in [-0.39, 0.29) is 11.8 Å². The average molecular weight is 309 g/mol. The number of hydrogen-bond acceptors (Lipinski definition) is 3. The fourth-order valence-electron chi connectivity index (χ4n) is 1.83. The van der Waals surface area contributed by atoms with Crippen LogP contribution in [0.3, 0.4) is 0 Å². The van der Waals surface area contributed by atoms with Crippen molar-refractivity contribution in [3.05, 3.63) is 35.1 Å². The number of hydrogen-bond donors (Lipinski definition) is 2. The molecule has 0 amide bonds. The highest BCUT2D eigenvalue weighted by Gasteiger charge is 2.03. The molecule has 0 saturated heterocycles. The van der Waals surface area contributed by atoms with E-state index in [2.05, 4.69) is 15.6 Å². The first-order valence-electron chi connectivity index (χ1n) is 7.42. The van der Waals surface area contributed by atoms with E-state index in [0.29, 0.717) is 44.1 Å². The van der Waals surface area contributed by atoms with Crippen LogP contribution in [0.25, 0.3) is 0 Å². The Kier molecular flexibility index (Phi) is 7.96. The third kappa shape index (κ3) is 6.56. The molecule has 0 atom stereocenters. The Morgan fingerprint density at radius 2 is 2.14 bits per heavy atom. The zero-order valence-corrected chi connectivity index (χ0v) is 13.4. The molecule has 0 aromatic heterocycles. The van der Waals surface area contributed by atoms with E-state index in [1.54, 1.807) is 27.0 Å². The monoisotopic (exact) mass is 309 g/mol. The second kappa shape index (κ2) is 9.76. The van der Waals surface area contributed by atoms with Crippen LogP contribution in [0.5, 0.6) is 0 Å². The van der Waals surface area contributed by atoms with Crippen molar-refractivity contribution in [3.8, 4) is 0 Å². The first-order chi connectivity index (χ1) is 10.6. The van der Waals surface area contributed by atoms with Crippen LogP contribution in [0.15, 0.2) is 23.2 Å². The molecule has 0 heterocycles. The summed E-state index contributed by atoms with van der Waals surface area (Å²) in [4.78, 5) is 15.3. The van der Waals surface area contributed by atoms with E-state index in [0.717, 1.165) is 5.56 Å². The van der Waals surface area contributed by atoms with Gasteiger partial charge in [-0.05, 0) is 37.5 Å². The second-order valence-corrected chi connectivity index (χ2v) is 4.84. The highest BCUT2D eigenvalue weighted by Crippen LogP contribution is 2.08. The third-order valence-corrected chi connectivity index (χ3v) is 3.08. The van der Waals surface area contributed by atoms with Gasteiger partial charge in [0, 0.05) is 26.6 Å². The second-order valence-electron chi connectivity index (χ2n) is 4.84. The van der Waals surface area contributed by atoms with Crippen molar-refractivity contribution >= 4 is 11.9 Å². The molecule has 0 spiro atoms. The molecule has 0 unspecified atom stereocenters. The van der Waals surface area contributed by atoms with E-state index in [9.17, 15) is 9.18 Å². The molecule has 0 bridgehead atoms. The number of aryl methyl sites for hydroxylation is 1. The minimum Gasteiger partial charge on any atom is -0.466 e. The first-order valence-corrected chi connectivity index (χ1v) is 7.42. The molecule has 2 N–H and O–H groups in total. The van der Waals surface area contributed by atoms with Gasteiger partial charge in [-0.1, -0.05) is 12.1 Å². The summed E-state index contributed by atoms with van der Waals surface area (Å²) in [7, 11) is 1.66. The number of carbonyl (C=O) groups excluding carboxylic acids is 1. The standard InChI is InChI=1S/C16H24FN3O2/c1-4-22-15(21)6-5-9-19-16(18-3)20-11-13-8-7-12(2)14(17)10-13/h7-8,10H,4-6,9,11H2,1-3H3,(H2,18,19,20). The molecule has 0 aliphatic heterocycles. The lowest BCUT2D eigenvalue weighted by molar-refractivity contribution is -0.143. The van der Waals surface area contributed by atoms with Crippen LogP contribution in [-0.2, 0) is 16.1 Å². The van der Waals surface area contributed by atoms with Gasteiger partial charge in [0.05, 0.1) is 6.61 Å². The summed E-state index contributed by atoms with van der Waals surface area (Å²) in [6, 6.07) is 5.14. The Morgan fingerprint density at radius 3 is 2.77 bits per heavy atom. The Bertz CT molecular complexity index is 518. The van der Waals surface area contributed by atoms with Crippen LogP contribution in [-0.4, -0.2) is 32.1 Å². The van der Waals surface area contributed by atoms with Crippen LogP contribution in [0.1, 0.15) is 30.9 Å². The van der Waals surface area contributed by atoms with Crippen molar-refractivity contribution in [3.63, 3.8) is 0 Å². The lowest BCUT2D eigenvalue weighted by atomic mass is 10.1. The Balaban J connectivity index is 2.30. The van der Waals surface area contributed by atoms with Crippen molar-refractivity contribution in [2.45, 2.75) is 33.2 Å². The molecule has 22 heavy (non-hydrogen) atoms. The summed E-state index contributed by atoms with van der Waals surface area (Å²) in [6.07, 6.45) is 1.04. The number of carbonyl (C=O) groups is 1. The molecule has 0 radical (unpaired) electrons. The first kappa shape index (κ1) is 17.9. The summed E-state index contributed by atoms with van der Waals surface area (Å²) in [6.45, 7) is 5.02. The Morgan fingerprint density at radius 1 is 1.36 bits per heavy atom. The topological polar surface area (TPSA) is 62.7 Å². The lowest BCUT2D eigenvalue weighted by Gasteiger charge is -2.12. The third-order valence-electron chi connectivity index (χ3n) is 3.08. The number of esters is 1. The van der Waals surface area contributed by atoms with Gasteiger partial charge >= 0.3 is 5.97 Å². The van der Waals surface area contributed by atoms with Gasteiger partial charge in [-0.3, -0.25) is 9.79 Å². The molecule has 1 aromatic carbocycles. The largest absolute Gasteiger partial charge is 0.466 e. The molecule has 5 nitrogen and oxygen atoms in total. The number of rotatable bonds is 7. The SMILES string of the molecule is CCOC(=O)CCCNC(=NC)NCc1ccc(C)c(F)c1. The summed E-state index contributed by atoms with van der Waals surface area (Å²) < 4.78 is 18.3. The van der Waals surface area contributed by atoms with Crippen molar-refractivity contribution in [2.24, 2.45) is 4.99 Å². The van der Waals surface area contributed by atoms with Gasteiger partial charge in [-0.25, -0.2) is 4.39 Å². The average Bonchev–Trinajstić information content (AvgIpc) is 2.50. The highest BCUT2D eigenvalue weighted by atomic mass is 19.1. The quantitative estimate of drug-likeness (QED) is 0.351. The molecule has 0 aliphatic carbocycles. The maximum Gasteiger partial charge on any atom is 0.305 e. The smallest absolute Gasteiger partial charge is 0.305 e. The number of ether oxygens (including phenoxy) is 1. The van der Waals surface area contributed by atoms with E-state index >= 15 is 0 Å². The molecule has 122 valence electrons. The van der Waals surface area contributed by atoms with Gasteiger partial charge in [0.2, 0.25) is 0 Å². The minimum atomic E-state index is -0.211. The fraction of sp³-hybridized carbons (Fsp3) is 0.500. The van der Waals surface area contributed by atoms with Gasteiger partial charge in [-0.15, -0.1) is 0 Å². The number of halogens is 1. The molecule has 0 aliphatic rings. The maximum atomic E-state index is 13.5. The minimum absolute atomic E-state index is 0.192. The molecule has 0 saturated carbocycles. The van der Waals surface area contributed by atoms with E-state index in [1.165, 1.54) is 6.07 Å². The maximum absolute atomic E-state index is 13.5.